The van der Waals surface area contributed by atoms with Gasteiger partial charge in [-0.05, 0) is 25.7 Å². The van der Waals surface area contributed by atoms with Crippen LogP contribution in [0.5, 0.6) is 0 Å². The predicted octanol–water partition coefficient (Wildman–Crippen LogP) is 0.562. The first-order valence-corrected chi connectivity index (χ1v) is 9.60. The summed E-state index contributed by atoms with van der Waals surface area (Å²) in [6.07, 6.45) is 5.77. The maximum Gasteiger partial charge on any atom is 0.329 e. The number of rotatable bonds is 4. The lowest BCUT2D eigenvalue weighted by Gasteiger charge is -2.37. The van der Waals surface area contributed by atoms with E-state index in [1.807, 2.05) is 0 Å². The third-order valence-electron chi connectivity index (χ3n) is 4.70. The van der Waals surface area contributed by atoms with Gasteiger partial charge in [0.25, 0.3) is 0 Å². The molecule has 0 bridgehead atoms. The van der Waals surface area contributed by atoms with E-state index >= 15 is 0 Å². The van der Waals surface area contributed by atoms with E-state index in [1.54, 1.807) is 0 Å². The van der Waals surface area contributed by atoms with Gasteiger partial charge in [-0.1, -0.05) is 19.3 Å². The van der Waals surface area contributed by atoms with Gasteiger partial charge in [-0.3, -0.25) is 4.79 Å². The molecule has 1 atom stereocenters. The lowest BCUT2D eigenvalue weighted by Crippen LogP contribution is -2.58. The Morgan fingerprint density at radius 3 is 2.36 bits per heavy atom. The van der Waals surface area contributed by atoms with Gasteiger partial charge in [0.15, 0.2) is 0 Å². The fourth-order valence-electron chi connectivity index (χ4n) is 3.34. The number of carboxylic acids is 1. The molecule has 2 aliphatic rings. The molecule has 0 aromatic heterocycles. The molecule has 0 unspecified atom stereocenters. The molecule has 2 rings (SSSR count). The smallest absolute Gasteiger partial charge is 0.329 e. The Labute approximate surface area is 131 Å². The minimum absolute atomic E-state index is 0.139. The zero-order valence-electron chi connectivity index (χ0n) is 12.9. The Kier molecular flexibility index (Phi) is 5.11. The van der Waals surface area contributed by atoms with E-state index in [9.17, 15) is 23.1 Å². The summed E-state index contributed by atoms with van der Waals surface area (Å²) in [5.41, 5.74) is -1.18. The van der Waals surface area contributed by atoms with Crippen LogP contribution in [-0.4, -0.2) is 54.6 Å². The summed E-state index contributed by atoms with van der Waals surface area (Å²) in [6, 6.07) is 0. The van der Waals surface area contributed by atoms with Gasteiger partial charge >= 0.3 is 5.97 Å². The van der Waals surface area contributed by atoms with Crippen molar-refractivity contribution in [2.75, 3.05) is 19.3 Å². The van der Waals surface area contributed by atoms with Crippen LogP contribution in [0.1, 0.15) is 44.9 Å². The van der Waals surface area contributed by atoms with E-state index in [4.69, 9.17) is 0 Å². The molecule has 0 aromatic rings. The first kappa shape index (κ1) is 17.2. The first-order valence-electron chi connectivity index (χ1n) is 7.75. The third-order valence-corrected chi connectivity index (χ3v) is 5.97. The van der Waals surface area contributed by atoms with Crippen molar-refractivity contribution in [3.8, 4) is 0 Å². The molecule has 126 valence electrons. The Balaban J connectivity index is 2.05. The van der Waals surface area contributed by atoms with Gasteiger partial charge in [0.1, 0.15) is 5.54 Å². The number of piperidine rings is 1. The van der Waals surface area contributed by atoms with Crippen molar-refractivity contribution in [2.24, 2.45) is 5.92 Å². The van der Waals surface area contributed by atoms with Gasteiger partial charge in [0.05, 0.1) is 12.2 Å². The number of nitrogens with zero attached hydrogens (tertiary/aromatic N) is 1. The minimum Gasteiger partial charge on any atom is -0.480 e. The summed E-state index contributed by atoms with van der Waals surface area (Å²) in [5, 5.41) is 12.2. The number of sulfonamides is 1. The second-order valence-corrected chi connectivity index (χ2v) is 8.38. The second-order valence-electron chi connectivity index (χ2n) is 6.40. The lowest BCUT2D eigenvalue weighted by atomic mass is 9.81. The van der Waals surface area contributed by atoms with Crippen LogP contribution in [0.4, 0.5) is 0 Å². The second kappa shape index (κ2) is 6.54. The number of carbonyl (C=O) groups excluding carboxylic acids is 1. The maximum atomic E-state index is 12.5. The van der Waals surface area contributed by atoms with Crippen molar-refractivity contribution in [3.05, 3.63) is 0 Å². The molecule has 2 fully saturated rings. The predicted molar refractivity (Wildman–Crippen MR) is 80.7 cm³/mol. The highest BCUT2D eigenvalue weighted by Gasteiger charge is 2.42. The summed E-state index contributed by atoms with van der Waals surface area (Å²) in [6.45, 7) is 0.563. The molecule has 7 nitrogen and oxygen atoms in total. The average molecular weight is 332 g/mol. The third kappa shape index (κ3) is 3.78. The molecule has 1 saturated carbocycles. The van der Waals surface area contributed by atoms with Gasteiger partial charge in [-0.15, -0.1) is 0 Å². The van der Waals surface area contributed by atoms with E-state index in [0.29, 0.717) is 32.2 Å². The highest BCUT2D eigenvalue weighted by atomic mass is 32.2. The molecule has 1 amide bonds. The highest BCUT2D eigenvalue weighted by molar-refractivity contribution is 7.88. The fourth-order valence-corrected chi connectivity index (χ4v) is 4.25. The van der Waals surface area contributed by atoms with E-state index < -0.39 is 27.4 Å². The van der Waals surface area contributed by atoms with Gasteiger partial charge in [0, 0.05) is 13.1 Å². The lowest BCUT2D eigenvalue weighted by molar-refractivity contribution is -0.150. The zero-order valence-corrected chi connectivity index (χ0v) is 13.7. The molecule has 8 heteroatoms. The van der Waals surface area contributed by atoms with Crippen LogP contribution in [-0.2, 0) is 19.6 Å². The molecule has 0 radical (unpaired) electrons. The number of carboxylic acid groups (broad SMARTS) is 1. The van der Waals surface area contributed by atoms with E-state index in [1.165, 1.54) is 4.31 Å². The van der Waals surface area contributed by atoms with Crippen molar-refractivity contribution in [1.82, 2.24) is 9.62 Å². The Morgan fingerprint density at radius 1 is 1.18 bits per heavy atom. The summed E-state index contributed by atoms with van der Waals surface area (Å²) in [5.74, 6) is -1.80. The maximum absolute atomic E-state index is 12.5. The monoisotopic (exact) mass is 332 g/mol. The Bertz CT molecular complexity index is 539. The van der Waals surface area contributed by atoms with Gasteiger partial charge in [-0.25, -0.2) is 17.5 Å². The number of hydrogen-bond acceptors (Lipinski definition) is 4. The van der Waals surface area contributed by atoms with Crippen LogP contribution >= 0.6 is 0 Å². The summed E-state index contributed by atoms with van der Waals surface area (Å²) >= 11 is 0. The standard InChI is InChI=1S/C14H24N2O5S/c1-22(20,21)16-9-5-6-11(10-16)12(17)15-14(13(18)19)7-3-2-4-8-14/h11H,2-10H2,1H3,(H,15,17)(H,18,19)/t11-/m1/s1. The van der Waals surface area contributed by atoms with Crippen molar-refractivity contribution >= 4 is 21.9 Å². The van der Waals surface area contributed by atoms with E-state index in [2.05, 4.69) is 5.32 Å². The molecule has 1 aliphatic carbocycles. The molecule has 22 heavy (non-hydrogen) atoms. The Hall–Kier alpha value is -1.15. The molecule has 1 heterocycles. The molecular weight excluding hydrogens is 308 g/mol. The number of aliphatic carboxylic acids is 1. The number of amides is 1. The van der Waals surface area contributed by atoms with Crippen LogP contribution in [0.3, 0.4) is 0 Å². The summed E-state index contributed by atoms with van der Waals surface area (Å²) in [4.78, 5) is 24.0. The quantitative estimate of drug-likeness (QED) is 0.783. The molecule has 0 spiro atoms. The van der Waals surface area contributed by atoms with Crippen molar-refractivity contribution < 1.29 is 23.1 Å². The molecule has 1 saturated heterocycles. The molecule has 1 aliphatic heterocycles. The van der Waals surface area contributed by atoms with Crippen LogP contribution in [0, 0.1) is 5.92 Å². The zero-order chi connectivity index (χ0) is 16.4. The number of hydrogen-bond donors (Lipinski definition) is 2. The van der Waals surface area contributed by atoms with Crippen LogP contribution in [0.25, 0.3) is 0 Å². The Morgan fingerprint density at radius 2 is 1.82 bits per heavy atom. The van der Waals surface area contributed by atoms with Crippen LogP contribution in [0.2, 0.25) is 0 Å². The minimum atomic E-state index is -3.32. The number of carbonyl (C=O) groups is 2. The largest absolute Gasteiger partial charge is 0.480 e. The van der Waals surface area contributed by atoms with Gasteiger partial charge in [-0.2, -0.15) is 0 Å². The van der Waals surface area contributed by atoms with Gasteiger partial charge < -0.3 is 10.4 Å². The van der Waals surface area contributed by atoms with E-state index in [0.717, 1.165) is 25.5 Å². The highest BCUT2D eigenvalue weighted by Crippen LogP contribution is 2.29. The summed E-state index contributed by atoms with van der Waals surface area (Å²) in [7, 11) is -3.32. The average Bonchev–Trinajstić information content (AvgIpc) is 2.47. The summed E-state index contributed by atoms with van der Waals surface area (Å²) < 4.78 is 24.5. The molecule has 0 aromatic carbocycles. The van der Waals surface area contributed by atoms with E-state index in [-0.39, 0.29) is 12.5 Å². The number of nitrogens with one attached hydrogen (secondary N) is 1. The van der Waals surface area contributed by atoms with Crippen LogP contribution in [0.15, 0.2) is 0 Å². The van der Waals surface area contributed by atoms with Crippen molar-refractivity contribution in [2.45, 2.75) is 50.5 Å². The topological polar surface area (TPSA) is 104 Å². The van der Waals surface area contributed by atoms with Gasteiger partial charge in [0.2, 0.25) is 15.9 Å². The first-order chi connectivity index (χ1) is 10.2. The normalized spacial score (nSPS) is 26.3. The van der Waals surface area contributed by atoms with Crippen molar-refractivity contribution in [3.63, 3.8) is 0 Å². The molecular formula is C14H24N2O5S. The fraction of sp³-hybridized carbons (Fsp3) is 0.857. The SMILES string of the molecule is CS(=O)(=O)N1CCC[C@@H](C(=O)NC2(C(=O)O)CCCCC2)C1. The van der Waals surface area contributed by atoms with Crippen LogP contribution < -0.4 is 5.32 Å². The van der Waals surface area contributed by atoms with Crippen molar-refractivity contribution in [1.29, 1.82) is 0 Å². The molecule has 2 N–H and O–H groups in total.